The van der Waals surface area contributed by atoms with Gasteiger partial charge in [0.05, 0.1) is 13.1 Å². The van der Waals surface area contributed by atoms with Crippen molar-refractivity contribution in [2.45, 2.75) is 18.9 Å². The summed E-state index contributed by atoms with van der Waals surface area (Å²) in [6.07, 6.45) is 1.27. The largest absolute Gasteiger partial charge is 0.347 e. The van der Waals surface area contributed by atoms with Crippen molar-refractivity contribution in [2.75, 3.05) is 26.3 Å². The van der Waals surface area contributed by atoms with E-state index in [0.29, 0.717) is 13.0 Å². The molecule has 1 aliphatic heterocycles. The molecule has 0 aromatic carbocycles. The van der Waals surface area contributed by atoms with E-state index in [-0.39, 0.29) is 19.0 Å². The van der Waals surface area contributed by atoms with Crippen molar-refractivity contribution in [1.29, 1.82) is 0 Å². The van der Waals surface area contributed by atoms with Gasteiger partial charge < -0.3 is 16.0 Å². The molecular formula is C10H16FN3O3. The van der Waals surface area contributed by atoms with E-state index >= 15 is 0 Å². The van der Waals surface area contributed by atoms with Crippen molar-refractivity contribution < 1.29 is 18.8 Å². The maximum absolute atomic E-state index is 11.9. The highest BCUT2D eigenvalue weighted by atomic mass is 19.1. The molecule has 96 valence electrons. The van der Waals surface area contributed by atoms with Gasteiger partial charge in [0, 0.05) is 6.54 Å². The molecule has 1 saturated heterocycles. The van der Waals surface area contributed by atoms with Crippen molar-refractivity contribution in [2.24, 2.45) is 5.73 Å². The Bertz CT molecular complexity index is 322. The number of halogens is 1. The quantitative estimate of drug-likeness (QED) is 0.622. The normalized spacial score (nSPS) is 19.2. The SMILES string of the molecule is NCC(=O)N1CCCC1C(=O)NCC(=O)CF. The number of alkyl halides is 1. The first-order valence-electron chi connectivity index (χ1n) is 5.45. The van der Waals surface area contributed by atoms with Gasteiger partial charge in [0.2, 0.25) is 11.8 Å². The van der Waals surface area contributed by atoms with Crippen molar-refractivity contribution >= 4 is 17.6 Å². The molecule has 17 heavy (non-hydrogen) atoms. The summed E-state index contributed by atoms with van der Waals surface area (Å²) in [5.74, 6) is -1.40. The zero-order valence-corrected chi connectivity index (χ0v) is 9.45. The van der Waals surface area contributed by atoms with Crippen LogP contribution in [-0.4, -0.2) is 54.8 Å². The summed E-state index contributed by atoms with van der Waals surface area (Å²) in [5.41, 5.74) is 5.23. The van der Waals surface area contributed by atoms with E-state index in [4.69, 9.17) is 5.73 Å². The summed E-state index contributed by atoms with van der Waals surface area (Å²) in [7, 11) is 0. The lowest BCUT2D eigenvalue weighted by Gasteiger charge is -2.23. The summed E-state index contributed by atoms with van der Waals surface area (Å²) < 4.78 is 11.9. The number of hydrogen-bond acceptors (Lipinski definition) is 4. The number of nitrogens with one attached hydrogen (secondary N) is 1. The number of nitrogens with two attached hydrogens (primary N) is 1. The zero-order chi connectivity index (χ0) is 12.8. The summed E-state index contributed by atoms with van der Waals surface area (Å²) >= 11 is 0. The number of Topliss-reactive ketones (excluding diaryl/α,β-unsaturated/α-hetero) is 1. The molecule has 0 radical (unpaired) electrons. The molecule has 0 aliphatic carbocycles. The van der Waals surface area contributed by atoms with Crippen molar-refractivity contribution in [3.8, 4) is 0 Å². The fourth-order valence-corrected chi connectivity index (χ4v) is 1.81. The van der Waals surface area contributed by atoms with Crippen LogP contribution in [0.15, 0.2) is 0 Å². The van der Waals surface area contributed by atoms with Gasteiger partial charge in [0.15, 0.2) is 5.78 Å². The van der Waals surface area contributed by atoms with Crippen LogP contribution in [0.4, 0.5) is 4.39 Å². The average molecular weight is 245 g/mol. The van der Waals surface area contributed by atoms with Crippen LogP contribution < -0.4 is 11.1 Å². The third-order valence-electron chi connectivity index (χ3n) is 2.66. The first kappa shape index (κ1) is 13.6. The fraction of sp³-hybridized carbons (Fsp3) is 0.700. The number of hydrogen-bond donors (Lipinski definition) is 2. The molecule has 1 unspecified atom stereocenters. The fourth-order valence-electron chi connectivity index (χ4n) is 1.81. The Labute approximate surface area is 98.3 Å². The van der Waals surface area contributed by atoms with Crippen LogP contribution in [0.1, 0.15) is 12.8 Å². The number of ketones is 1. The van der Waals surface area contributed by atoms with E-state index in [9.17, 15) is 18.8 Å². The van der Waals surface area contributed by atoms with Crippen molar-refractivity contribution in [3.05, 3.63) is 0 Å². The predicted molar refractivity (Wildman–Crippen MR) is 57.8 cm³/mol. The summed E-state index contributed by atoms with van der Waals surface area (Å²) in [6, 6.07) is -0.585. The standard InChI is InChI=1S/C10H16FN3O3/c11-4-7(15)6-13-10(17)8-2-1-3-14(8)9(16)5-12/h8H,1-6,12H2,(H,13,17). The minimum absolute atomic E-state index is 0.146. The monoisotopic (exact) mass is 245 g/mol. The Morgan fingerprint density at radius 3 is 2.71 bits per heavy atom. The van der Waals surface area contributed by atoms with E-state index in [0.717, 1.165) is 6.42 Å². The van der Waals surface area contributed by atoms with Gasteiger partial charge in [-0.15, -0.1) is 0 Å². The number of amides is 2. The van der Waals surface area contributed by atoms with Gasteiger partial charge in [-0.3, -0.25) is 14.4 Å². The zero-order valence-electron chi connectivity index (χ0n) is 9.45. The smallest absolute Gasteiger partial charge is 0.243 e. The molecule has 1 aliphatic rings. The van der Waals surface area contributed by atoms with Gasteiger partial charge in [0.1, 0.15) is 12.7 Å². The Hall–Kier alpha value is -1.50. The highest BCUT2D eigenvalue weighted by Crippen LogP contribution is 2.16. The van der Waals surface area contributed by atoms with Crippen molar-refractivity contribution in [3.63, 3.8) is 0 Å². The lowest BCUT2D eigenvalue weighted by Crippen LogP contribution is -2.48. The average Bonchev–Trinajstić information content (AvgIpc) is 2.83. The maximum atomic E-state index is 11.9. The van der Waals surface area contributed by atoms with Crippen molar-refractivity contribution in [1.82, 2.24) is 10.2 Å². The van der Waals surface area contributed by atoms with Crippen LogP contribution in [-0.2, 0) is 14.4 Å². The van der Waals surface area contributed by atoms with Gasteiger partial charge in [-0.2, -0.15) is 0 Å². The van der Waals surface area contributed by atoms with Crippen LogP contribution in [0.25, 0.3) is 0 Å². The molecule has 0 aromatic heterocycles. The predicted octanol–water partition coefficient (Wildman–Crippen LogP) is -1.41. The van der Waals surface area contributed by atoms with Crippen LogP contribution >= 0.6 is 0 Å². The number of likely N-dealkylation sites (tertiary alicyclic amines) is 1. The molecule has 0 spiro atoms. The number of carbonyl (C=O) groups excluding carboxylic acids is 3. The topological polar surface area (TPSA) is 92.5 Å². The van der Waals surface area contributed by atoms with E-state index in [1.54, 1.807) is 0 Å². The molecule has 2 amide bonds. The molecule has 6 nitrogen and oxygen atoms in total. The minimum Gasteiger partial charge on any atom is -0.347 e. The molecule has 1 rings (SSSR count). The second kappa shape index (κ2) is 6.29. The number of rotatable bonds is 5. The Kier molecular flexibility index (Phi) is 5.02. The van der Waals surface area contributed by atoms with E-state index in [1.165, 1.54) is 4.90 Å². The highest BCUT2D eigenvalue weighted by Gasteiger charge is 2.33. The minimum atomic E-state index is -1.10. The Balaban J connectivity index is 2.50. The van der Waals surface area contributed by atoms with E-state index < -0.39 is 24.4 Å². The first-order chi connectivity index (χ1) is 8.10. The second-order valence-corrected chi connectivity index (χ2v) is 3.84. The van der Waals surface area contributed by atoms with Crippen LogP contribution in [0.3, 0.4) is 0 Å². The third-order valence-corrected chi connectivity index (χ3v) is 2.66. The molecule has 0 bridgehead atoms. The summed E-state index contributed by atoms with van der Waals surface area (Å²) in [5, 5.41) is 2.32. The van der Waals surface area contributed by atoms with Crippen LogP contribution in [0.5, 0.6) is 0 Å². The van der Waals surface area contributed by atoms with Gasteiger partial charge in [-0.05, 0) is 12.8 Å². The molecule has 1 atom stereocenters. The summed E-state index contributed by atoms with van der Waals surface area (Å²) in [4.78, 5) is 35.2. The lowest BCUT2D eigenvalue weighted by atomic mass is 10.2. The summed E-state index contributed by atoms with van der Waals surface area (Å²) in [6.45, 7) is -1.09. The van der Waals surface area contributed by atoms with Gasteiger partial charge in [0.25, 0.3) is 0 Å². The molecule has 1 heterocycles. The molecule has 3 N–H and O–H groups in total. The Morgan fingerprint density at radius 1 is 1.41 bits per heavy atom. The van der Waals surface area contributed by atoms with Crippen LogP contribution in [0, 0.1) is 0 Å². The molecule has 0 saturated carbocycles. The van der Waals surface area contributed by atoms with E-state index in [1.807, 2.05) is 0 Å². The van der Waals surface area contributed by atoms with Gasteiger partial charge in [-0.25, -0.2) is 4.39 Å². The molecule has 0 aromatic rings. The lowest BCUT2D eigenvalue weighted by molar-refractivity contribution is -0.137. The number of nitrogens with zero attached hydrogens (tertiary/aromatic N) is 1. The maximum Gasteiger partial charge on any atom is 0.243 e. The second-order valence-electron chi connectivity index (χ2n) is 3.84. The van der Waals surface area contributed by atoms with Gasteiger partial charge >= 0.3 is 0 Å². The Morgan fingerprint density at radius 2 is 2.12 bits per heavy atom. The molecular weight excluding hydrogens is 229 g/mol. The third kappa shape index (κ3) is 3.48. The molecule has 7 heteroatoms. The van der Waals surface area contributed by atoms with Gasteiger partial charge in [-0.1, -0.05) is 0 Å². The number of carbonyl (C=O) groups is 3. The molecule has 1 fully saturated rings. The van der Waals surface area contributed by atoms with E-state index in [2.05, 4.69) is 5.32 Å². The van der Waals surface area contributed by atoms with Crippen LogP contribution in [0.2, 0.25) is 0 Å². The first-order valence-corrected chi connectivity index (χ1v) is 5.45. The highest BCUT2D eigenvalue weighted by molar-refractivity contribution is 5.92.